The summed E-state index contributed by atoms with van der Waals surface area (Å²) in [6.45, 7) is 6.08. The van der Waals surface area contributed by atoms with Gasteiger partial charge < -0.3 is 10.1 Å². The molecule has 0 aromatic rings. The predicted octanol–water partition coefficient (Wildman–Crippen LogP) is -0.568. The van der Waals surface area contributed by atoms with Crippen LogP contribution in [0.3, 0.4) is 0 Å². The molecule has 0 aromatic heterocycles. The molecule has 0 spiro atoms. The lowest BCUT2D eigenvalue weighted by Gasteiger charge is -2.29. The van der Waals surface area contributed by atoms with E-state index in [0.717, 1.165) is 32.8 Å². The standard InChI is InChI=1S/C13H22N4O3/c1-10(9-17-5-7-20-8-6-17)14-13(19)11-3-4-12(18)16(2)15-11/h10H,3-9H2,1-2H3,(H,14,19)/t10-/m0/s1. The second-order valence-electron chi connectivity index (χ2n) is 5.25. The first-order chi connectivity index (χ1) is 9.56. The van der Waals surface area contributed by atoms with E-state index in [1.54, 1.807) is 7.05 Å². The van der Waals surface area contributed by atoms with E-state index in [1.807, 2.05) is 6.92 Å². The second-order valence-corrected chi connectivity index (χ2v) is 5.25. The van der Waals surface area contributed by atoms with Gasteiger partial charge in [-0.1, -0.05) is 0 Å². The lowest BCUT2D eigenvalue weighted by atomic mass is 10.1. The van der Waals surface area contributed by atoms with E-state index in [-0.39, 0.29) is 17.9 Å². The number of carbonyl (C=O) groups is 2. The van der Waals surface area contributed by atoms with Crippen LogP contribution in [0.1, 0.15) is 19.8 Å². The molecule has 0 aromatic carbocycles. The van der Waals surface area contributed by atoms with E-state index in [2.05, 4.69) is 15.3 Å². The molecule has 1 fully saturated rings. The summed E-state index contributed by atoms with van der Waals surface area (Å²) in [5.74, 6) is -0.229. The van der Waals surface area contributed by atoms with Gasteiger partial charge in [-0.05, 0) is 6.92 Å². The third kappa shape index (κ3) is 4.01. The number of hydrogen-bond acceptors (Lipinski definition) is 5. The van der Waals surface area contributed by atoms with Gasteiger partial charge in [0.25, 0.3) is 5.91 Å². The van der Waals surface area contributed by atoms with Crippen LogP contribution in [0.4, 0.5) is 0 Å². The first-order valence-electron chi connectivity index (χ1n) is 7.01. The Balaban J connectivity index is 1.81. The highest BCUT2D eigenvalue weighted by molar-refractivity contribution is 6.39. The lowest BCUT2D eigenvalue weighted by Crippen LogP contribution is -2.48. The van der Waals surface area contributed by atoms with E-state index >= 15 is 0 Å². The summed E-state index contributed by atoms with van der Waals surface area (Å²) in [4.78, 5) is 25.7. The first kappa shape index (κ1) is 14.9. The van der Waals surface area contributed by atoms with Gasteiger partial charge in [0, 0.05) is 45.6 Å². The van der Waals surface area contributed by atoms with Gasteiger partial charge in [-0.2, -0.15) is 5.10 Å². The van der Waals surface area contributed by atoms with Crippen LogP contribution in [0.5, 0.6) is 0 Å². The van der Waals surface area contributed by atoms with Gasteiger partial charge in [-0.25, -0.2) is 5.01 Å². The molecule has 0 saturated carbocycles. The van der Waals surface area contributed by atoms with Gasteiger partial charge in [0.1, 0.15) is 5.71 Å². The minimum atomic E-state index is -0.176. The fraction of sp³-hybridized carbons (Fsp3) is 0.769. The minimum Gasteiger partial charge on any atom is -0.379 e. The van der Waals surface area contributed by atoms with Gasteiger partial charge in [0.05, 0.1) is 13.2 Å². The third-order valence-electron chi connectivity index (χ3n) is 3.48. The van der Waals surface area contributed by atoms with Crippen LogP contribution in [0.15, 0.2) is 5.10 Å². The van der Waals surface area contributed by atoms with E-state index in [4.69, 9.17) is 4.74 Å². The van der Waals surface area contributed by atoms with Gasteiger partial charge in [0.2, 0.25) is 5.91 Å². The highest BCUT2D eigenvalue weighted by atomic mass is 16.5. The summed E-state index contributed by atoms with van der Waals surface area (Å²) in [5.41, 5.74) is 0.431. The molecule has 1 atom stereocenters. The average molecular weight is 282 g/mol. The van der Waals surface area contributed by atoms with Crippen molar-refractivity contribution in [1.29, 1.82) is 0 Å². The van der Waals surface area contributed by atoms with Crippen molar-refractivity contribution in [3.63, 3.8) is 0 Å². The smallest absolute Gasteiger partial charge is 0.267 e. The molecule has 2 heterocycles. The highest BCUT2D eigenvalue weighted by Crippen LogP contribution is 2.07. The zero-order valence-electron chi connectivity index (χ0n) is 12.1. The first-order valence-corrected chi connectivity index (χ1v) is 7.01. The Bertz CT molecular complexity index is 404. The number of hydrogen-bond donors (Lipinski definition) is 1. The molecule has 0 bridgehead atoms. The number of nitrogens with one attached hydrogen (secondary N) is 1. The Hall–Kier alpha value is -1.47. The Labute approximate surface area is 118 Å². The van der Waals surface area contributed by atoms with Gasteiger partial charge >= 0.3 is 0 Å². The molecule has 2 amide bonds. The predicted molar refractivity (Wildman–Crippen MR) is 74.3 cm³/mol. The molecule has 2 aliphatic heterocycles. The SMILES string of the molecule is C[C@@H](CN1CCOCC1)NC(=O)C1=NN(C)C(=O)CC1. The van der Waals surface area contributed by atoms with Gasteiger partial charge in [0.15, 0.2) is 0 Å². The Morgan fingerprint density at radius 1 is 1.40 bits per heavy atom. The fourth-order valence-electron chi connectivity index (χ4n) is 2.36. The normalized spacial score (nSPS) is 22.4. The fourth-order valence-corrected chi connectivity index (χ4v) is 2.36. The number of hydrazone groups is 1. The van der Waals surface area contributed by atoms with Gasteiger partial charge in [-0.3, -0.25) is 14.5 Å². The molecule has 0 unspecified atom stereocenters. The lowest BCUT2D eigenvalue weighted by molar-refractivity contribution is -0.130. The summed E-state index contributed by atoms with van der Waals surface area (Å²) in [5, 5.41) is 8.20. The topological polar surface area (TPSA) is 74.2 Å². The van der Waals surface area contributed by atoms with Crippen LogP contribution in [0.2, 0.25) is 0 Å². The summed E-state index contributed by atoms with van der Waals surface area (Å²) in [7, 11) is 1.58. The molecule has 7 heteroatoms. The largest absolute Gasteiger partial charge is 0.379 e. The molecule has 0 radical (unpaired) electrons. The van der Waals surface area contributed by atoms with Crippen molar-refractivity contribution in [2.24, 2.45) is 5.10 Å². The van der Waals surface area contributed by atoms with Gasteiger partial charge in [-0.15, -0.1) is 0 Å². The highest BCUT2D eigenvalue weighted by Gasteiger charge is 2.23. The summed E-state index contributed by atoms with van der Waals surface area (Å²) >= 11 is 0. The molecule has 1 saturated heterocycles. The maximum Gasteiger partial charge on any atom is 0.267 e. The zero-order valence-corrected chi connectivity index (χ0v) is 12.1. The molecular weight excluding hydrogens is 260 g/mol. The molecule has 2 aliphatic rings. The summed E-state index contributed by atoms with van der Waals surface area (Å²) in [6, 6.07) is 0.0474. The molecular formula is C13H22N4O3. The van der Waals surface area contributed by atoms with Crippen molar-refractivity contribution in [3.8, 4) is 0 Å². The number of morpholine rings is 1. The molecule has 0 aliphatic carbocycles. The van der Waals surface area contributed by atoms with E-state index in [1.165, 1.54) is 5.01 Å². The zero-order chi connectivity index (χ0) is 14.5. The Morgan fingerprint density at radius 3 is 2.75 bits per heavy atom. The summed E-state index contributed by atoms with van der Waals surface area (Å²) in [6.07, 6.45) is 0.764. The Kier molecular flexibility index (Phi) is 5.08. The van der Waals surface area contributed by atoms with Crippen molar-refractivity contribution >= 4 is 17.5 Å². The van der Waals surface area contributed by atoms with E-state index in [9.17, 15) is 9.59 Å². The number of rotatable bonds is 4. The molecule has 20 heavy (non-hydrogen) atoms. The van der Waals surface area contributed by atoms with Crippen LogP contribution in [0.25, 0.3) is 0 Å². The number of ether oxygens (including phenoxy) is 1. The summed E-state index contributed by atoms with van der Waals surface area (Å²) < 4.78 is 5.29. The number of nitrogens with zero attached hydrogens (tertiary/aromatic N) is 3. The minimum absolute atomic E-state index is 0.0474. The molecule has 2 rings (SSSR count). The average Bonchev–Trinajstić information content (AvgIpc) is 2.42. The maximum absolute atomic E-state index is 12.1. The monoisotopic (exact) mass is 282 g/mol. The van der Waals surface area contributed by atoms with Crippen molar-refractivity contribution in [2.45, 2.75) is 25.8 Å². The van der Waals surface area contributed by atoms with Crippen LogP contribution in [0, 0.1) is 0 Å². The Morgan fingerprint density at radius 2 is 2.10 bits per heavy atom. The van der Waals surface area contributed by atoms with Crippen molar-refractivity contribution in [1.82, 2.24) is 15.2 Å². The molecule has 112 valence electrons. The van der Waals surface area contributed by atoms with Crippen molar-refractivity contribution in [2.75, 3.05) is 39.9 Å². The van der Waals surface area contributed by atoms with Crippen LogP contribution < -0.4 is 5.32 Å². The van der Waals surface area contributed by atoms with Crippen LogP contribution in [-0.4, -0.2) is 73.4 Å². The number of carbonyl (C=O) groups excluding carboxylic acids is 2. The van der Waals surface area contributed by atoms with Crippen LogP contribution in [-0.2, 0) is 14.3 Å². The van der Waals surface area contributed by atoms with Crippen molar-refractivity contribution < 1.29 is 14.3 Å². The van der Waals surface area contributed by atoms with E-state index < -0.39 is 0 Å². The quantitative estimate of drug-likeness (QED) is 0.749. The second kappa shape index (κ2) is 6.81. The molecule has 7 nitrogen and oxygen atoms in total. The molecule has 1 N–H and O–H groups in total. The van der Waals surface area contributed by atoms with Crippen molar-refractivity contribution in [3.05, 3.63) is 0 Å². The number of amides is 2. The third-order valence-corrected chi connectivity index (χ3v) is 3.48. The van der Waals surface area contributed by atoms with Crippen LogP contribution >= 0.6 is 0 Å². The maximum atomic E-state index is 12.1. The van der Waals surface area contributed by atoms with E-state index in [0.29, 0.717) is 18.6 Å².